The van der Waals surface area contributed by atoms with Crippen molar-refractivity contribution in [2.24, 2.45) is 0 Å². The fourth-order valence-corrected chi connectivity index (χ4v) is 2.39. The summed E-state index contributed by atoms with van der Waals surface area (Å²) in [4.78, 5) is 2.43. The first-order chi connectivity index (χ1) is 7.33. The zero-order chi connectivity index (χ0) is 10.7. The van der Waals surface area contributed by atoms with Crippen LogP contribution in [0.15, 0.2) is 18.2 Å². The molecule has 1 N–H and O–H groups in total. The molecule has 1 aromatic rings. The van der Waals surface area contributed by atoms with E-state index in [9.17, 15) is 0 Å². The number of nitrogens with one attached hydrogen (secondary N) is 1. The van der Waals surface area contributed by atoms with Crippen LogP contribution < -0.4 is 10.2 Å². The molecule has 0 radical (unpaired) electrons. The van der Waals surface area contributed by atoms with Gasteiger partial charge in [0.15, 0.2) is 0 Å². The Morgan fingerprint density at radius 3 is 2.73 bits per heavy atom. The molecule has 2 nitrogen and oxygen atoms in total. The third-order valence-electron chi connectivity index (χ3n) is 2.89. The molecule has 0 amide bonds. The van der Waals surface area contributed by atoms with Gasteiger partial charge < -0.3 is 10.2 Å². The van der Waals surface area contributed by atoms with Crippen LogP contribution in [0.1, 0.15) is 18.4 Å². The number of benzene rings is 1. The molecule has 3 heteroatoms. The standard InChI is InChI=1S/C12H17ClN2/c1-14-9-10-11(13)5-4-6-12(10)15-7-2-3-8-15/h4-6,14H,2-3,7-9H2,1H3. The Balaban J connectivity index is 2.31. The molecule has 82 valence electrons. The van der Waals surface area contributed by atoms with E-state index in [2.05, 4.69) is 16.3 Å². The van der Waals surface area contributed by atoms with Crippen LogP contribution >= 0.6 is 11.6 Å². The van der Waals surface area contributed by atoms with E-state index in [0.717, 1.165) is 24.7 Å². The highest BCUT2D eigenvalue weighted by Gasteiger charge is 2.16. The zero-order valence-corrected chi connectivity index (χ0v) is 9.85. The van der Waals surface area contributed by atoms with Crippen LogP contribution in [-0.4, -0.2) is 20.1 Å². The molecule has 1 aliphatic rings. The van der Waals surface area contributed by atoms with Crippen LogP contribution in [0.25, 0.3) is 0 Å². The van der Waals surface area contributed by atoms with Gasteiger partial charge in [-0.2, -0.15) is 0 Å². The number of hydrogen-bond donors (Lipinski definition) is 1. The fraction of sp³-hybridized carbons (Fsp3) is 0.500. The highest BCUT2D eigenvalue weighted by atomic mass is 35.5. The van der Waals surface area contributed by atoms with Gasteiger partial charge in [0.25, 0.3) is 0 Å². The molecule has 2 rings (SSSR count). The van der Waals surface area contributed by atoms with Crippen LogP contribution in [0.5, 0.6) is 0 Å². The van der Waals surface area contributed by atoms with E-state index >= 15 is 0 Å². The van der Waals surface area contributed by atoms with Gasteiger partial charge >= 0.3 is 0 Å². The Labute approximate surface area is 96.2 Å². The molecule has 0 spiro atoms. The molecular formula is C12H17ClN2. The highest BCUT2D eigenvalue weighted by molar-refractivity contribution is 6.31. The van der Waals surface area contributed by atoms with Gasteiger partial charge in [-0.05, 0) is 32.0 Å². The average Bonchev–Trinajstić information content (AvgIpc) is 2.74. The number of rotatable bonds is 3. The number of anilines is 1. The van der Waals surface area contributed by atoms with Crippen molar-refractivity contribution in [3.05, 3.63) is 28.8 Å². The first-order valence-electron chi connectivity index (χ1n) is 5.50. The van der Waals surface area contributed by atoms with E-state index in [1.54, 1.807) is 0 Å². The van der Waals surface area contributed by atoms with Crippen molar-refractivity contribution in [2.75, 3.05) is 25.0 Å². The summed E-state index contributed by atoms with van der Waals surface area (Å²) in [7, 11) is 1.96. The number of nitrogens with zero attached hydrogens (tertiary/aromatic N) is 1. The highest BCUT2D eigenvalue weighted by Crippen LogP contribution is 2.29. The van der Waals surface area contributed by atoms with E-state index in [1.165, 1.54) is 24.1 Å². The van der Waals surface area contributed by atoms with Crippen molar-refractivity contribution in [3.8, 4) is 0 Å². The van der Waals surface area contributed by atoms with Crippen molar-refractivity contribution >= 4 is 17.3 Å². The van der Waals surface area contributed by atoms with Gasteiger partial charge in [-0.1, -0.05) is 17.7 Å². The van der Waals surface area contributed by atoms with Gasteiger partial charge in [0.2, 0.25) is 0 Å². The fourth-order valence-electron chi connectivity index (χ4n) is 2.15. The van der Waals surface area contributed by atoms with Gasteiger partial charge in [-0.25, -0.2) is 0 Å². The summed E-state index contributed by atoms with van der Waals surface area (Å²) in [5.41, 5.74) is 2.53. The molecule has 0 unspecified atom stereocenters. The van der Waals surface area contributed by atoms with Gasteiger partial charge in [0.1, 0.15) is 0 Å². The SMILES string of the molecule is CNCc1c(Cl)cccc1N1CCCC1. The summed E-state index contributed by atoms with van der Waals surface area (Å²) >= 11 is 6.22. The summed E-state index contributed by atoms with van der Waals surface area (Å²) in [5, 5.41) is 4.05. The number of hydrogen-bond acceptors (Lipinski definition) is 2. The van der Waals surface area contributed by atoms with Crippen molar-refractivity contribution in [3.63, 3.8) is 0 Å². The largest absolute Gasteiger partial charge is 0.371 e. The van der Waals surface area contributed by atoms with Crippen LogP contribution in [0, 0.1) is 0 Å². The average molecular weight is 225 g/mol. The Morgan fingerprint density at radius 2 is 2.07 bits per heavy atom. The molecule has 1 fully saturated rings. The zero-order valence-electron chi connectivity index (χ0n) is 9.09. The lowest BCUT2D eigenvalue weighted by Crippen LogP contribution is -2.21. The predicted octanol–water partition coefficient (Wildman–Crippen LogP) is 2.66. The smallest absolute Gasteiger partial charge is 0.0471 e. The van der Waals surface area contributed by atoms with Crippen LogP contribution in [-0.2, 0) is 6.54 Å². The van der Waals surface area contributed by atoms with Crippen LogP contribution in [0.3, 0.4) is 0 Å². The lowest BCUT2D eigenvalue weighted by atomic mass is 10.1. The summed E-state index contributed by atoms with van der Waals surface area (Å²) in [6.45, 7) is 3.17. The molecule has 0 atom stereocenters. The van der Waals surface area contributed by atoms with E-state index < -0.39 is 0 Å². The molecule has 0 saturated carbocycles. The maximum Gasteiger partial charge on any atom is 0.0471 e. The normalized spacial score (nSPS) is 16.0. The van der Waals surface area contributed by atoms with Gasteiger partial charge in [-0.3, -0.25) is 0 Å². The molecule has 1 heterocycles. The summed E-state index contributed by atoms with van der Waals surface area (Å²) in [5.74, 6) is 0. The third kappa shape index (κ3) is 2.27. The summed E-state index contributed by atoms with van der Waals surface area (Å²) < 4.78 is 0. The van der Waals surface area contributed by atoms with Gasteiger partial charge in [0.05, 0.1) is 0 Å². The minimum atomic E-state index is 0.839. The van der Waals surface area contributed by atoms with Crippen molar-refractivity contribution in [2.45, 2.75) is 19.4 Å². The van der Waals surface area contributed by atoms with E-state index in [1.807, 2.05) is 19.2 Å². The van der Waals surface area contributed by atoms with Crippen LogP contribution in [0.2, 0.25) is 5.02 Å². The molecular weight excluding hydrogens is 208 g/mol. The third-order valence-corrected chi connectivity index (χ3v) is 3.25. The molecule has 0 bridgehead atoms. The lowest BCUT2D eigenvalue weighted by Gasteiger charge is -2.22. The summed E-state index contributed by atoms with van der Waals surface area (Å²) in [6.07, 6.45) is 2.59. The second kappa shape index (κ2) is 4.86. The molecule has 15 heavy (non-hydrogen) atoms. The van der Waals surface area contributed by atoms with Gasteiger partial charge in [0, 0.05) is 35.9 Å². The second-order valence-corrected chi connectivity index (χ2v) is 4.37. The van der Waals surface area contributed by atoms with Crippen molar-refractivity contribution in [1.29, 1.82) is 0 Å². The summed E-state index contributed by atoms with van der Waals surface area (Å²) in [6, 6.07) is 6.17. The minimum Gasteiger partial charge on any atom is -0.371 e. The second-order valence-electron chi connectivity index (χ2n) is 3.96. The van der Waals surface area contributed by atoms with Gasteiger partial charge in [-0.15, -0.1) is 0 Å². The monoisotopic (exact) mass is 224 g/mol. The molecule has 1 aromatic carbocycles. The first-order valence-corrected chi connectivity index (χ1v) is 5.87. The molecule has 0 aliphatic carbocycles. The lowest BCUT2D eigenvalue weighted by molar-refractivity contribution is 0.809. The van der Waals surface area contributed by atoms with Crippen LogP contribution in [0.4, 0.5) is 5.69 Å². The Bertz CT molecular complexity index is 332. The predicted molar refractivity (Wildman–Crippen MR) is 65.7 cm³/mol. The molecule has 1 aliphatic heterocycles. The topological polar surface area (TPSA) is 15.3 Å². The molecule has 1 saturated heterocycles. The Morgan fingerprint density at radius 1 is 1.33 bits per heavy atom. The quantitative estimate of drug-likeness (QED) is 0.850. The maximum atomic E-state index is 6.22. The first kappa shape index (κ1) is 10.8. The van der Waals surface area contributed by atoms with E-state index in [-0.39, 0.29) is 0 Å². The van der Waals surface area contributed by atoms with Crippen molar-refractivity contribution in [1.82, 2.24) is 5.32 Å². The minimum absolute atomic E-state index is 0.839. The van der Waals surface area contributed by atoms with E-state index in [4.69, 9.17) is 11.6 Å². The maximum absolute atomic E-state index is 6.22. The Hall–Kier alpha value is -0.730. The number of halogens is 1. The Kier molecular flexibility index (Phi) is 3.49. The van der Waals surface area contributed by atoms with Crippen molar-refractivity contribution < 1.29 is 0 Å². The van der Waals surface area contributed by atoms with E-state index in [0.29, 0.717) is 0 Å². The molecule has 0 aromatic heterocycles.